The molecule has 1 saturated heterocycles. The number of methoxy groups -OCH3 is 1. The number of anilines is 2. The summed E-state index contributed by atoms with van der Waals surface area (Å²) in [6, 6.07) is 3.64. The first-order valence-corrected chi connectivity index (χ1v) is 8.97. The van der Waals surface area contributed by atoms with Gasteiger partial charge in [-0.15, -0.1) is 0 Å². The molecule has 2 amide bonds. The summed E-state index contributed by atoms with van der Waals surface area (Å²) < 4.78 is 18.3. The smallest absolute Gasteiger partial charge is 0.321 e. The molecule has 3 rings (SSSR count). The number of nitrogens with zero attached hydrogens (tertiary/aromatic N) is 4. The molecule has 2 heterocycles. The quantitative estimate of drug-likeness (QED) is 0.809. The number of aromatic nitrogens is 3. The molecule has 144 valence electrons. The summed E-state index contributed by atoms with van der Waals surface area (Å²) in [4.78, 5) is 27.0. The van der Waals surface area contributed by atoms with Gasteiger partial charge in [0, 0.05) is 18.8 Å². The number of amides is 2. The number of halogens is 2. The van der Waals surface area contributed by atoms with Crippen molar-refractivity contribution < 1.29 is 13.9 Å². The molecule has 0 spiro atoms. The molecule has 0 saturated carbocycles. The molecule has 2 aromatic rings. The molecule has 1 aliphatic rings. The van der Waals surface area contributed by atoms with Gasteiger partial charge in [-0.2, -0.15) is 15.0 Å². The van der Waals surface area contributed by atoms with E-state index in [1.165, 1.54) is 31.7 Å². The lowest BCUT2D eigenvalue weighted by atomic mass is 10.1. The summed E-state index contributed by atoms with van der Waals surface area (Å²) in [5.41, 5.74) is 0.376. The van der Waals surface area contributed by atoms with Crippen LogP contribution >= 0.6 is 11.6 Å². The Hall–Kier alpha value is -2.68. The second-order valence-corrected chi connectivity index (χ2v) is 6.43. The minimum absolute atomic E-state index is 0.0684. The van der Waals surface area contributed by atoms with Crippen molar-refractivity contribution >= 4 is 29.3 Å². The molecule has 0 atom stereocenters. The van der Waals surface area contributed by atoms with Gasteiger partial charge in [-0.3, -0.25) is 0 Å². The molecule has 0 unspecified atom stereocenters. The Kier molecular flexibility index (Phi) is 6.23. The number of hydrogen-bond donors (Lipinski definition) is 2. The average Bonchev–Trinajstić information content (AvgIpc) is 2.69. The number of benzene rings is 1. The predicted octanol–water partition coefficient (Wildman–Crippen LogP) is 2.98. The lowest BCUT2D eigenvalue weighted by molar-refractivity contribution is 0.251. The summed E-state index contributed by atoms with van der Waals surface area (Å²) >= 11 is 5.70. The maximum Gasteiger partial charge on any atom is 0.321 e. The van der Waals surface area contributed by atoms with E-state index >= 15 is 0 Å². The van der Waals surface area contributed by atoms with Crippen LogP contribution in [0, 0.1) is 5.82 Å². The van der Waals surface area contributed by atoms with Crippen molar-refractivity contribution in [2.75, 3.05) is 30.4 Å². The summed E-state index contributed by atoms with van der Waals surface area (Å²) in [6.07, 6.45) is 3.37. The van der Waals surface area contributed by atoms with Crippen molar-refractivity contribution in [2.24, 2.45) is 0 Å². The topological polar surface area (TPSA) is 92.3 Å². The molecule has 27 heavy (non-hydrogen) atoms. The molecular formula is C17H20ClFN6O2. The average molecular weight is 395 g/mol. The molecule has 8 nitrogen and oxygen atoms in total. The molecule has 1 aromatic carbocycles. The Morgan fingerprint density at radius 2 is 2.04 bits per heavy atom. The minimum atomic E-state index is -0.551. The minimum Gasteiger partial charge on any atom is -0.467 e. The molecule has 1 aliphatic heterocycles. The van der Waals surface area contributed by atoms with Crippen molar-refractivity contribution in [3.05, 3.63) is 34.9 Å². The molecule has 0 bridgehead atoms. The highest BCUT2D eigenvalue weighted by atomic mass is 35.5. The van der Waals surface area contributed by atoms with E-state index in [1.807, 2.05) is 0 Å². The van der Waals surface area contributed by atoms with Crippen molar-refractivity contribution in [1.82, 2.24) is 20.3 Å². The number of rotatable bonds is 5. The Labute approximate surface area is 161 Å². The number of urea groups is 1. The Morgan fingerprint density at radius 1 is 1.26 bits per heavy atom. The first kappa shape index (κ1) is 19.1. The van der Waals surface area contributed by atoms with Crippen LogP contribution in [0.4, 0.5) is 20.8 Å². The highest BCUT2D eigenvalue weighted by Crippen LogP contribution is 2.19. The van der Waals surface area contributed by atoms with Gasteiger partial charge in [-0.25, -0.2) is 9.18 Å². The number of nitrogens with one attached hydrogen (secondary N) is 2. The monoisotopic (exact) mass is 394 g/mol. The Bertz CT molecular complexity index is 816. The molecule has 10 heteroatoms. The zero-order valence-corrected chi connectivity index (χ0v) is 15.6. The highest BCUT2D eigenvalue weighted by molar-refractivity contribution is 6.31. The molecule has 1 fully saturated rings. The van der Waals surface area contributed by atoms with Crippen LogP contribution in [0.15, 0.2) is 18.2 Å². The third-order valence-corrected chi connectivity index (χ3v) is 4.35. The third kappa shape index (κ3) is 5.16. The number of piperidine rings is 1. The van der Waals surface area contributed by atoms with Crippen molar-refractivity contribution in [1.29, 1.82) is 0 Å². The standard InChI is InChI=1S/C17H20ClFN6O2/c1-27-17-23-14(22-15(24-17)25-7-3-2-4-8-25)10-20-16(26)21-11-5-6-13(19)12(18)9-11/h5-6,9H,2-4,7-8,10H2,1H3,(H2,20,21,26). The zero-order chi connectivity index (χ0) is 19.2. The van der Waals surface area contributed by atoms with Crippen LogP contribution in [0.5, 0.6) is 6.01 Å². The maximum atomic E-state index is 13.2. The molecule has 0 radical (unpaired) electrons. The summed E-state index contributed by atoms with van der Waals surface area (Å²) in [5, 5.41) is 5.15. The van der Waals surface area contributed by atoms with E-state index in [1.54, 1.807) is 0 Å². The van der Waals surface area contributed by atoms with Crippen LogP contribution < -0.4 is 20.3 Å². The molecular weight excluding hydrogens is 375 g/mol. The van der Waals surface area contributed by atoms with Crippen LogP contribution in [0.25, 0.3) is 0 Å². The lowest BCUT2D eigenvalue weighted by Gasteiger charge is -2.26. The first-order valence-electron chi connectivity index (χ1n) is 8.59. The fourth-order valence-corrected chi connectivity index (χ4v) is 2.88. The largest absolute Gasteiger partial charge is 0.467 e. The number of carbonyl (C=O) groups is 1. The number of carbonyl (C=O) groups excluding carboxylic acids is 1. The van der Waals surface area contributed by atoms with Crippen LogP contribution in [-0.2, 0) is 6.54 Å². The fourth-order valence-electron chi connectivity index (χ4n) is 2.70. The lowest BCUT2D eigenvalue weighted by Crippen LogP contribution is -2.32. The second kappa shape index (κ2) is 8.81. The predicted molar refractivity (Wildman–Crippen MR) is 99.7 cm³/mol. The van der Waals surface area contributed by atoms with Gasteiger partial charge in [-0.05, 0) is 37.5 Å². The van der Waals surface area contributed by atoms with Gasteiger partial charge in [0.1, 0.15) is 5.82 Å². The van der Waals surface area contributed by atoms with Crippen LogP contribution in [-0.4, -0.2) is 41.2 Å². The molecule has 2 N–H and O–H groups in total. The van der Waals surface area contributed by atoms with Gasteiger partial charge in [0.15, 0.2) is 5.82 Å². The Morgan fingerprint density at radius 3 is 2.74 bits per heavy atom. The third-order valence-electron chi connectivity index (χ3n) is 4.06. The van der Waals surface area contributed by atoms with E-state index in [-0.39, 0.29) is 17.6 Å². The summed E-state index contributed by atoms with van der Waals surface area (Å²) in [5.74, 6) is 0.379. The van der Waals surface area contributed by atoms with Crippen LogP contribution in [0.2, 0.25) is 5.02 Å². The van der Waals surface area contributed by atoms with E-state index in [2.05, 4.69) is 30.5 Å². The highest BCUT2D eigenvalue weighted by Gasteiger charge is 2.17. The second-order valence-electron chi connectivity index (χ2n) is 6.02. The van der Waals surface area contributed by atoms with Crippen molar-refractivity contribution in [3.8, 4) is 6.01 Å². The van der Waals surface area contributed by atoms with Crippen LogP contribution in [0.3, 0.4) is 0 Å². The van der Waals surface area contributed by atoms with E-state index in [9.17, 15) is 9.18 Å². The van der Waals surface area contributed by atoms with Gasteiger partial charge in [-0.1, -0.05) is 11.6 Å². The van der Waals surface area contributed by atoms with Gasteiger partial charge in [0.05, 0.1) is 18.7 Å². The Balaban J connectivity index is 1.63. The van der Waals surface area contributed by atoms with Gasteiger partial charge < -0.3 is 20.3 Å². The summed E-state index contributed by atoms with van der Waals surface area (Å²) in [7, 11) is 1.48. The SMILES string of the molecule is COc1nc(CNC(=O)Nc2ccc(F)c(Cl)c2)nc(N2CCCCC2)n1. The van der Waals surface area contributed by atoms with Gasteiger partial charge in [0.2, 0.25) is 5.95 Å². The van der Waals surface area contributed by atoms with Gasteiger partial charge in [0.25, 0.3) is 0 Å². The zero-order valence-electron chi connectivity index (χ0n) is 14.8. The fraction of sp³-hybridized carbons (Fsp3) is 0.412. The van der Waals surface area contributed by atoms with E-state index in [0.717, 1.165) is 25.9 Å². The van der Waals surface area contributed by atoms with Crippen molar-refractivity contribution in [2.45, 2.75) is 25.8 Å². The summed E-state index contributed by atoms with van der Waals surface area (Å²) in [6.45, 7) is 1.85. The van der Waals surface area contributed by atoms with Crippen molar-refractivity contribution in [3.63, 3.8) is 0 Å². The maximum absolute atomic E-state index is 13.2. The molecule has 0 aliphatic carbocycles. The number of ether oxygens (including phenoxy) is 1. The van der Waals surface area contributed by atoms with E-state index < -0.39 is 11.8 Å². The normalized spacial score (nSPS) is 14.0. The number of hydrogen-bond acceptors (Lipinski definition) is 6. The first-order chi connectivity index (χ1) is 13.0. The molecule has 1 aromatic heterocycles. The van der Waals surface area contributed by atoms with Crippen LogP contribution in [0.1, 0.15) is 25.1 Å². The van der Waals surface area contributed by atoms with E-state index in [4.69, 9.17) is 16.3 Å². The van der Waals surface area contributed by atoms with E-state index in [0.29, 0.717) is 17.5 Å². The van der Waals surface area contributed by atoms with Gasteiger partial charge >= 0.3 is 12.0 Å².